The van der Waals surface area contributed by atoms with Crippen LogP contribution in [0.1, 0.15) is 48.7 Å². The molecule has 2 heterocycles. The monoisotopic (exact) mass is 419 g/mol. The molecule has 0 aliphatic heterocycles. The van der Waals surface area contributed by atoms with E-state index >= 15 is 0 Å². The van der Waals surface area contributed by atoms with E-state index in [9.17, 15) is 0 Å². The molecule has 6 rings (SSSR count). The lowest BCUT2D eigenvalue weighted by molar-refractivity contribution is 0.410. The van der Waals surface area contributed by atoms with Gasteiger partial charge in [-0.2, -0.15) is 0 Å². The Bertz CT molecular complexity index is 1410. The fourth-order valence-corrected chi connectivity index (χ4v) is 5.41. The summed E-state index contributed by atoms with van der Waals surface area (Å²) < 4.78 is 2.18. The Hall–Kier alpha value is -3.30. The second-order valence-electron chi connectivity index (χ2n) is 9.22. The molecule has 3 aromatic carbocycles. The van der Waals surface area contributed by atoms with Crippen LogP contribution in [0.3, 0.4) is 0 Å². The summed E-state index contributed by atoms with van der Waals surface area (Å²) in [7, 11) is 2.10. The van der Waals surface area contributed by atoms with Crippen LogP contribution < -0.4 is 5.32 Å². The Balaban J connectivity index is 1.36. The third-order valence-corrected chi connectivity index (χ3v) is 7.18. The molecule has 0 fully saturated rings. The number of aryl methyl sites for hydroxylation is 2. The van der Waals surface area contributed by atoms with E-state index in [0.29, 0.717) is 12.1 Å². The third kappa shape index (κ3) is 3.25. The second kappa shape index (κ2) is 7.68. The van der Waals surface area contributed by atoms with Gasteiger partial charge in [0, 0.05) is 52.8 Å². The minimum absolute atomic E-state index is 0.326. The summed E-state index contributed by atoms with van der Waals surface area (Å²) >= 11 is 0. The maximum atomic E-state index is 3.89. The van der Waals surface area contributed by atoms with Gasteiger partial charge in [-0.15, -0.1) is 0 Å². The van der Waals surface area contributed by atoms with E-state index in [1.54, 1.807) is 0 Å². The van der Waals surface area contributed by atoms with Gasteiger partial charge in [-0.1, -0.05) is 42.5 Å². The molecule has 32 heavy (non-hydrogen) atoms. The lowest BCUT2D eigenvalue weighted by Gasteiger charge is -2.27. The van der Waals surface area contributed by atoms with Crippen LogP contribution in [0.2, 0.25) is 0 Å². The molecule has 160 valence electrons. The predicted molar refractivity (Wildman–Crippen MR) is 134 cm³/mol. The standard InChI is InChI=1S/C29H29N3/c1-19(20-7-4-3-5-8-20)30-27-10-6-9-24-25-18-22(11-13-26(25)31-29(24)27)21-12-14-28-23(17-21)15-16-32(28)2/h3-5,7-8,11-19,27,30-31H,6,9-10H2,1-2H3/t19-,27-/m1/s1. The molecule has 0 spiro atoms. The average molecular weight is 420 g/mol. The van der Waals surface area contributed by atoms with Gasteiger partial charge in [0.25, 0.3) is 0 Å². The highest BCUT2D eigenvalue weighted by atomic mass is 15.0. The first kappa shape index (κ1) is 19.4. The Morgan fingerprint density at radius 3 is 2.66 bits per heavy atom. The summed E-state index contributed by atoms with van der Waals surface area (Å²) in [5, 5.41) is 6.56. The van der Waals surface area contributed by atoms with Crippen molar-refractivity contribution in [2.75, 3.05) is 0 Å². The van der Waals surface area contributed by atoms with Crippen LogP contribution in [0.5, 0.6) is 0 Å². The molecule has 2 aromatic heterocycles. The minimum Gasteiger partial charge on any atom is -0.357 e. The molecular formula is C29H29N3. The number of nitrogens with zero attached hydrogens (tertiary/aromatic N) is 1. The van der Waals surface area contributed by atoms with Crippen molar-refractivity contribution in [3.05, 3.63) is 95.8 Å². The van der Waals surface area contributed by atoms with E-state index < -0.39 is 0 Å². The highest BCUT2D eigenvalue weighted by molar-refractivity contribution is 5.92. The van der Waals surface area contributed by atoms with Gasteiger partial charge in [-0.25, -0.2) is 0 Å². The van der Waals surface area contributed by atoms with Crippen molar-refractivity contribution in [3.63, 3.8) is 0 Å². The Morgan fingerprint density at radius 2 is 1.78 bits per heavy atom. The number of fused-ring (bicyclic) bond motifs is 4. The van der Waals surface area contributed by atoms with Crippen molar-refractivity contribution < 1.29 is 0 Å². The predicted octanol–water partition coefficient (Wildman–Crippen LogP) is 7.05. The molecule has 1 aliphatic carbocycles. The van der Waals surface area contributed by atoms with Crippen molar-refractivity contribution in [1.82, 2.24) is 14.9 Å². The summed E-state index contributed by atoms with van der Waals surface area (Å²) in [5.74, 6) is 0. The largest absolute Gasteiger partial charge is 0.357 e. The van der Waals surface area contributed by atoms with Crippen LogP contribution in [-0.4, -0.2) is 9.55 Å². The lowest BCUT2D eigenvalue weighted by Crippen LogP contribution is -2.27. The molecular weight excluding hydrogens is 390 g/mol. The first-order chi connectivity index (χ1) is 15.7. The molecule has 0 radical (unpaired) electrons. The van der Waals surface area contributed by atoms with E-state index in [1.165, 1.54) is 62.6 Å². The summed E-state index contributed by atoms with van der Waals surface area (Å²) in [6, 6.07) is 27.3. The van der Waals surface area contributed by atoms with Crippen molar-refractivity contribution in [2.24, 2.45) is 7.05 Å². The van der Waals surface area contributed by atoms with E-state index in [-0.39, 0.29) is 0 Å². The van der Waals surface area contributed by atoms with Gasteiger partial charge < -0.3 is 14.9 Å². The first-order valence-corrected chi connectivity index (χ1v) is 11.7. The van der Waals surface area contributed by atoms with Gasteiger partial charge in [-0.05, 0) is 78.8 Å². The number of nitrogens with one attached hydrogen (secondary N) is 2. The molecule has 0 unspecified atom stereocenters. The molecule has 2 atom stereocenters. The lowest BCUT2D eigenvalue weighted by atomic mass is 9.90. The number of aromatic amines is 1. The topological polar surface area (TPSA) is 32.8 Å². The molecule has 1 aliphatic rings. The van der Waals surface area contributed by atoms with Crippen LogP contribution in [-0.2, 0) is 13.5 Å². The number of aromatic nitrogens is 2. The summed E-state index contributed by atoms with van der Waals surface area (Å²) in [6.45, 7) is 2.27. The van der Waals surface area contributed by atoms with E-state index in [4.69, 9.17) is 0 Å². The Kier molecular flexibility index (Phi) is 4.65. The maximum absolute atomic E-state index is 3.89. The van der Waals surface area contributed by atoms with Crippen LogP contribution in [0.25, 0.3) is 32.9 Å². The summed E-state index contributed by atoms with van der Waals surface area (Å²) in [6.07, 6.45) is 5.67. The molecule has 0 bridgehead atoms. The quantitative estimate of drug-likeness (QED) is 0.321. The smallest absolute Gasteiger partial charge is 0.0480 e. The van der Waals surface area contributed by atoms with Crippen molar-refractivity contribution in [3.8, 4) is 11.1 Å². The minimum atomic E-state index is 0.326. The van der Waals surface area contributed by atoms with E-state index in [2.05, 4.69) is 108 Å². The zero-order chi connectivity index (χ0) is 21.7. The van der Waals surface area contributed by atoms with Crippen LogP contribution in [0, 0.1) is 0 Å². The SMILES string of the molecule is C[C@@H](N[C@@H]1CCCc2c1[nH]c1ccc(-c3ccc4c(ccn4C)c3)cc21)c1ccccc1. The Labute approximate surface area is 189 Å². The molecule has 0 saturated carbocycles. The van der Waals surface area contributed by atoms with Crippen molar-refractivity contribution >= 4 is 21.8 Å². The highest BCUT2D eigenvalue weighted by Crippen LogP contribution is 2.38. The third-order valence-electron chi connectivity index (χ3n) is 7.18. The number of H-pyrrole nitrogens is 1. The normalized spacial score (nSPS) is 17.0. The number of hydrogen-bond acceptors (Lipinski definition) is 1. The molecule has 3 nitrogen and oxygen atoms in total. The molecule has 2 N–H and O–H groups in total. The highest BCUT2D eigenvalue weighted by Gasteiger charge is 2.25. The van der Waals surface area contributed by atoms with Crippen molar-refractivity contribution in [2.45, 2.75) is 38.3 Å². The molecule has 0 saturated heterocycles. The number of hydrogen-bond donors (Lipinski definition) is 2. The summed E-state index contributed by atoms with van der Waals surface area (Å²) in [5.41, 5.74) is 9.31. The van der Waals surface area contributed by atoms with Gasteiger partial charge >= 0.3 is 0 Å². The van der Waals surface area contributed by atoms with E-state index in [1.807, 2.05) is 0 Å². The zero-order valence-corrected chi connectivity index (χ0v) is 18.7. The molecule has 3 heteroatoms. The average Bonchev–Trinajstić information content (AvgIpc) is 3.40. The van der Waals surface area contributed by atoms with Crippen LogP contribution >= 0.6 is 0 Å². The van der Waals surface area contributed by atoms with Crippen LogP contribution in [0.15, 0.2) is 79.0 Å². The van der Waals surface area contributed by atoms with Gasteiger partial charge in [-0.3, -0.25) is 0 Å². The summed E-state index contributed by atoms with van der Waals surface area (Å²) in [4.78, 5) is 3.77. The molecule has 5 aromatic rings. The van der Waals surface area contributed by atoms with Gasteiger partial charge in [0.15, 0.2) is 0 Å². The van der Waals surface area contributed by atoms with Gasteiger partial charge in [0.1, 0.15) is 0 Å². The van der Waals surface area contributed by atoms with Crippen molar-refractivity contribution in [1.29, 1.82) is 0 Å². The van der Waals surface area contributed by atoms with E-state index in [0.717, 1.165) is 6.42 Å². The number of rotatable bonds is 4. The first-order valence-electron chi connectivity index (χ1n) is 11.7. The number of benzene rings is 3. The fraction of sp³-hybridized carbons (Fsp3) is 0.241. The second-order valence-corrected chi connectivity index (χ2v) is 9.22. The fourth-order valence-electron chi connectivity index (χ4n) is 5.41. The molecule has 0 amide bonds. The van der Waals surface area contributed by atoms with Crippen LogP contribution in [0.4, 0.5) is 0 Å². The zero-order valence-electron chi connectivity index (χ0n) is 18.7. The Morgan fingerprint density at radius 1 is 0.969 bits per heavy atom. The maximum Gasteiger partial charge on any atom is 0.0480 e. The van der Waals surface area contributed by atoms with Gasteiger partial charge in [0.2, 0.25) is 0 Å². The van der Waals surface area contributed by atoms with Gasteiger partial charge in [0.05, 0.1) is 0 Å².